The lowest BCUT2D eigenvalue weighted by molar-refractivity contribution is -0.742. The molecule has 2 rings (SSSR count). The molecule has 19 heavy (non-hydrogen) atoms. The first kappa shape index (κ1) is 15.3. The molecule has 8 heteroatoms. The van der Waals surface area contributed by atoms with Crippen molar-refractivity contribution in [2.75, 3.05) is 0 Å². The Morgan fingerprint density at radius 1 is 1.47 bits per heavy atom. The van der Waals surface area contributed by atoms with Crippen molar-refractivity contribution in [1.82, 2.24) is 9.55 Å². The second kappa shape index (κ2) is 6.96. The van der Waals surface area contributed by atoms with E-state index in [4.69, 9.17) is 38.5 Å². The second-order valence-electron chi connectivity index (χ2n) is 3.58. The molecule has 0 aliphatic heterocycles. The first-order valence-electron chi connectivity index (χ1n) is 5.15. The number of aromatic nitrogens is 2. The predicted octanol–water partition coefficient (Wildman–Crippen LogP) is 3.20. The zero-order valence-corrected chi connectivity index (χ0v) is 11.5. The highest BCUT2D eigenvalue weighted by Gasteiger charge is 2.03. The molecule has 2 aromatic rings. The number of hydrogen-bond donors (Lipinski definition) is 1. The number of rotatable bonds is 2. The maximum absolute atomic E-state index is 8.36. The van der Waals surface area contributed by atoms with Gasteiger partial charge in [-0.1, -0.05) is 29.3 Å². The predicted molar refractivity (Wildman–Crippen MR) is 71.3 cm³/mol. The molecule has 1 heterocycles. The summed E-state index contributed by atoms with van der Waals surface area (Å²) in [5, 5.41) is 15.0. The largest absolute Gasteiger partial charge is 0.331 e. The standard InChI is InChI=1S/C11H10Cl2N2.HNO3/c1-8-14-4-5-15(8)7-9-2-3-10(12)6-11(9)13;2-1(3)4/h2-6H,7H2,1H3;(H,2,3,4). The van der Waals surface area contributed by atoms with Gasteiger partial charge in [0.15, 0.2) is 0 Å². The number of benzene rings is 1. The third-order valence-corrected chi connectivity index (χ3v) is 2.87. The van der Waals surface area contributed by atoms with Crippen LogP contribution in [0.1, 0.15) is 11.4 Å². The van der Waals surface area contributed by atoms with E-state index in [0.29, 0.717) is 10.0 Å². The van der Waals surface area contributed by atoms with Crippen LogP contribution < -0.4 is 0 Å². The Morgan fingerprint density at radius 2 is 2.11 bits per heavy atom. The number of hydrogen-bond acceptors (Lipinski definition) is 3. The Hall–Kier alpha value is -1.79. The molecule has 6 nitrogen and oxygen atoms in total. The Bertz CT molecular complexity index is 568. The van der Waals surface area contributed by atoms with Crippen LogP contribution in [0, 0.1) is 17.0 Å². The fourth-order valence-corrected chi connectivity index (χ4v) is 1.87. The van der Waals surface area contributed by atoms with E-state index in [1.165, 1.54) is 0 Å². The van der Waals surface area contributed by atoms with Gasteiger partial charge in [-0.15, -0.1) is 10.1 Å². The van der Waals surface area contributed by atoms with Crippen molar-refractivity contribution in [3.05, 3.63) is 62.1 Å². The molecule has 0 bridgehead atoms. The molecule has 102 valence electrons. The van der Waals surface area contributed by atoms with Crippen molar-refractivity contribution in [1.29, 1.82) is 0 Å². The lowest BCUT2D eigenvalue weighted by Gasteiger charge is -2.07. The molecule has 1 aromatic heterocycles. The minimum atomic E-state index is -1.50. The lowest BCUT2D eigenvalue weighted by Crippen LogP contribution is -2.01. The summed E-state index contributed by atoms with van der Waals surface area (Å²) >= 11 is 11.9. The summed E-state index contributed by atoms with van der Waals surface area (Å²) in [4.78, 5) is 12.5. The van der Waals surface area contributed by atoms with Gasteiger partial charge in [0, 0.05) is 22.4 Å². The first-order chi connectivity index (χ1) is 8.90. The van der Waals surface area contributed by atoms with E-state index < -0.39 is 5.09 Å². The zero-order valence-electron chi connectivity index (χ0n) is 9.96. The second-order valence-corrected chi connectivity index (χ2v) is 4.42. The maximum atomic E-state index is 8.36. The van der Waals surface area contributed by atoms with E-state index in [9.17, 15) is 0 Å². The molecule has 0 atom stereocenters. The zero-order chi connectivity index (χ0) is 14.4. The SMILES string of the molecule is Cc1nccn1Cc1ccc(Cl)cc1Cl.O=[N+]([O-])O. The van der Waals surface area contributed by atoms with Gasteiger partial charge < -0.3 is 9.77 Å². The molecule has 0 unspecified atom stereocenters. The van der Waals surface area contributed by atoms with E-state index >= 15 is 0 Å². The van der Waals surface area contributed by atoms with Crippen LogP contribution in [0.3, 0.4) is 0 Å². The lowest BCUT2D eigenvalue weighted by atomic mass is 10.2. The van der Waals surface area contributed by atoms with Gasteiger partial charge in [0.05, 0.1) is 6.54 Å². The normalized spacial score (nSPS) is 9.63. The Kier molecular flexibility index (Phi) is 5.59. The third kappa shape index (κ3) is 5.15. The van der Waals surface area contributed by atoms with Crippen molar-refractivity contribution in [3.8, 4) is 0 Å². The average Bonchev–Trinajstić information content (AvgIpc) is 2.68. The molecule has 0 spiro atoms. The highest BCUT2D eigenvalue weighted by Crippen LogP contribution is 2.21. The summed E-state index contributed by atoms with van der Waals surface area (Å²) in [7, 11) is 0. The van der Waals surface area contributed by atoms with Crippen LogP contribution >= 0.6 is 23.2 Å². The molecule has 0 saturated heterocycles. The van der Waals surface area contributed by atoms with Gasteiger partial charge in [-0.25, -0.2) is 4.98 Å². The van der Waals surface area contributed by atoms with Crippen LogP contribution in [-0.2, 0) is 6.54 Å². The molecule has 0 fully saturated rings. The van der Waals surface area contributed by atoms with E-state index in [0.717, 1.165) is 17.9 Å². The third-order valence-electron chi connectivity index (χ3n) is 2.28. The molecular formula is C11H11Cl2N3O3. The molecule has 0 saturated carbocycles. The van der Waals surface area contributed by atoms with Crippen molar-refractivity contribution in [2.45, 2.75) is 13.5 Å². The molecule has 0 aliphatic rings. The van der Waals surface area contributed by atoms with Crippen LogP contribution in [-0.4, -0.2) is 19.8 Å². The summed E-state index contributed by atoms with van der Waals surface area (Å²) in [6.45, 7) is 2.69. The van der Waals surface area contributed by atoms with Gasteiger partial charge in [-0.2, -0.15) is 0 Å². The van der Waals surface area contributed by atoms with Crippen LogP contribution in [0.15, 0.2) is 30.6 Å². The Balaban J connectivity index is 0.000000399. The Morgan fingerprint density at radius 3 is 2.58 bits per heavy atom. The minimum Gasteiger partial charge on any atom is -0.331 e. The Labute approximate surface area is 119 Å². The summed E-state index contributed by atoms with van der Waals surface area (Å²) in [5.41, 5.74) is 1.04. The van der Waals surface area contributed by atoms with Gasteiger partial charge in [0.1, 0.15) is 5.82 Å². The number of nitrogens with zero attached hydrogens (tertiary/aromatic N) is 3. The maximum Gasteiger partial charge on any atom is 0.291 e. The fraction of sp³-hybridized carbons (Fsp3) is 0.182. The van der Waals surface area contributed by atoms with E-state index in [2.05, 4.69) is 4.98 Å². The molecule has 1 aromatic carbocycles. The van der Waals surface area contributed by atoms with Crippen molar-refractivity contribution in [2.24, 2.45) is 0 Å². The van der Waals surface area contributed by atoms with Crippen LogP contribution in [0.5, 0.6) is 0 Å². The van der Waals surface area contributed by atoms with E-state index in [1.54, 1.807) is 12.3 Å². The molecule has 0 aliphatic carbocycles. The van der Waals surface area contributed by atoms with Crippen molar-refractivity contribution < 1.29 is 10.3 Å². The summed E-state index contributed by atoms with van der Waals surface area (Å²) in [6.07, 6.45) is 3.71. The molecule has 1 N–H and O–H groups in total. The smallest absolute Gasteiger partial charge is 0.291 e. The quantitative estimate of drug-likeness (QED) is 0.682. The number of aryl methyl sites for hydroxylation is 1. The monoisotopic (exact) mass is 303 g/mol. The van der Waals surface area contributed by atoms with Gasteiger partial charge >= 0.3 is 0 Å². The summed E-state index contributed by atoms with van der Waals surface area (Å²) in [5.74, 6) is 0.973. The van der Waals surface area contributed by atoms with Crippen LogP contribution in [0.4, 0.5) is 0 Å². The van der Waals surface area contributed by atoms with Gasteiger partial charge in [0.2, 0.25) is 0 Å². The topological polar surface area (TPSA) is 81.2 Å². The number of imidazole rings is 1. The highest BCUT2D eigenvalue weighted by molar-refractivity contribution is 6.35. The summed E-state index contributed by atoms with van der Waals surface area (Å²) in [6, 6.07) is 5.53. The molecular weight excluding hydrogens is 293 g/mol. The summed E-state index contributed by atoms with van der Waals surface area (Å²) < 4.78 is 2.04. The molecule has 0 radical (unpaired) electrons. The fourth-order valence-electron chi connectivity index (χ4n) is 1.40. The van der Waals surface area contributed by atoms with Gasteiger partial charge in [0.25, 0.3) is 5.09 Å². The molecule has 0 amide bonds. The van der Waals surface area contributed by atoms with E-state index in [1.807, 2.05) is 29.8 Å². The van der Waals surface area contributed by atoms with E-state index in [-0.39, 0.29) is 0 Å². The minimum absolute atomic E-state index is 0.658. The van der Waals surface area contributed by atoms with Crippen LogP contribution in [0.2, 0.25) is 10.0 Å². The highest BCUT2D eigenvalue weighted by atomic mass is 35.5. The van der Waals surface area contributed by atoms with Gasteiger partial charge in [-0.05, 0) is 24.6 Å². The van der Waals surface area contributed by atoms with Crippen LogP contribution in [0.25, 0.3) is 0 Å². The van der Waals surface area contributed by atoms with Crippen molar-refractivity contribution >= 4 is 23.2 Å². The average molecular weight is 304 g/mol. The number of halogens is 2. The van der Waals surface area contributed by atoms with Crippen molar-refractivity contribution in [3.63, 3.8) is 0 Å². The first-order valence-corrected chi connectivity index (χ1v) is 5.90. The van der Waals surface area contributed by atoms with Gasteiger partial charge in [-0.3, -0.25) is 0 Å².